The summed E-state index contributed by atoms with van der Waals surface area (Å²) in [5.74, 6) is -0.901. The van der Waals surface area contributed by atoms with E-state index in [4.69, 9.17) is 0 Å². The summed E-state index contributed by atoms with van der Waals surface area (Å²) < 4.78 is 1.24. The fourth-order valence-corrected chi connectivity index (χ4v) is 3.56. The lowest BCUT2D eigenvalue weighted by atomic mass is 10.2. The normalized spacial score (nSPS) is 11.1. The van der Waals surface area contributed by atoms with Crippen molar-refractivity contribution in [1.29, 1.82) is 0 Å². The highest BCUT2D eigenvalue weighted by molar-refractivity contribution is 7.17. The molecule has 2 N–H and O–H groups in total. The molecule has 140 valence electrons. The molecule has 0 spiro atoms. The van der Waals surface area contributed by atoms with Crippen LogP contribution in [0, 0.1) is 5.92 Å². The minimum Gasteiger partial charge on any atom is -0.478 e. The Morgan fingerprint density at radius 3 is 2.59 bits per heavy atom. The van der Waals surface area contributed by atoms with Crippen LogP contribution in [0.1, 0.15) is 24.2 Å². The van der Waals surface area contributed by atoms with Crippen LogP contribution < -0.4 is 10.9 Å². The van der Waals surface area contributed by atoms with Crippen LogP contribution in [0.2, 0.25) is 0 Å². The first-order chi connectivity index (χ1) is 12.9. The molecule has 3 rings (SSSR count). The Bertz CT molecular complexity index is 1050. The van der Waals surface area contributed by atoms with Crippen LogP contribution in [0.5, 0.6) is 0 Å². The third-order valence-corrected chi connectivity index (χ3v) is 4.84. The molecule has 0 aliphatic rings. The first-order valence-electron chi connectivity index (χ1n) is 8.46. The molecule has 2 heterocycles. The Labute approximate surface area is 159 Å². The fourth-order valence-electron chi connectivity index (χ4n) is 2.65. The van der Waals surface area contributed by atoms with Crippen molar-refractivity contribution < 1.29 is 14.7 Å². The van der Waals surface area contributed by atoms with Gasteiger partial charge in [0.05, 0.1) is 10.9 Å². The summed E-state index contributed by atoms with van der Waals surface area (Å²) in [6, 6.07) is 9.05. The molecule has 0 aliphatic carbocycles. The van der Waals surface area contributed by atoms with Gasteiger partial charge >= 0.3 is 5.97 Å². The van der Waals surface area contributed by atoms with Gasteiger partial charge in [-0.1, -0.05) is 44.2 Å². The van der Waals surface area contributed by atoms with Crippen molar-refractivity contribution >= 4 is 33.4 Å². The molecule has 8 heteroatoms. The zero-order chi connectivity index (χ0) is 19.6. The number of fused-ring (bicyclic) bond motifs is 1. The Hall–Kier alpha value is -3.00. The minimum absolute atomic E-state index is 0.0313. The predicted molar refractivity (Wildman–Crippen MR) is 104 cm³/mol. The van der Waals surface area contributed by atoms with E-state index in [9.17, 15) is 19.5 Å². The summed E-state index contributed by atoms with van der Waals surface area (Å²) >= 11 is 1.10. The SMILES string of the molecule is CC(C)CNC(=O)Cn1c(-c2ccccc2)nc2scc(C(=O)O)c2c1=O. The van der Waals surface area contributed by atoms with Gasteiger partial charge in [0.2, 0.25) is 5.91 Å². The number of aromatic nitrogens is 2. The van der Waals surface area contributed by atoms with E-state index in [1.54, 1.807) is 12.1 Å². The number of nitrogens with zero attached hydrogens (tertiary/aromatic N) is 2. The summed E-state index contributed by atoms with van der Waals surface area (Å²) in [7, 11) is 0. The van der Waals surface area contributed by atoms with E-state index in [2.05, 4.69) is 10.3 Å². The molecule has 0 saturated heterocycles. The number of amides is 1. The van der Waals surface area contributed by atoms with Crippen LogP contribution in [0.25, 0.3) is 21.6 Å². The van der Waals surface area contributed by atoms with Gasteiger partial charge in [0.1, 0.15) is 17.2 Å². The fraction of sp³-hybridized carbons (Fsp3) is 0.263. The Morgan fingerprint density at radius 1 is 1.26 bits per heavy atom. The zero-order valence-electron chi connectivity index (χ0n) is 14.9. The van der Waals surface area contributed by atoms with Crippen LogP contribution in [0.4, 0.5) is 0 Å². The van der Waals surface area contributed by atoms with E-state index in [1.165, 1.54) is 9.95 Å². The van der Waals surface area contributed by atoms with Crippen molar-refractivity contribution in [3.05, 3.63) is 51.6 Å². The van der Waals surface area contributed by atoms with Gasteiger partial charge < -0.3 is 10.4 Å². The lowest BCUT2D eigenvalue weighted by Crippen LogP contribution is -2.35. The molecule has 0 bridgehead atoms. The van der Waals surface area contributed by atoms with Crippen molar-refractivity contribution in [2.75, 3.05) is 6.54 Å². The van der Waals surface area contributed by atoms with E-state index in [0.717, 1.165) is 11.3 Å². The van der Waals surface area contributed by atoms with Crippen molar-refractivity contribution in [3.63, 3.8) is 0 Å². The summed E-state index contributed by atoms with van der Waals surface area (Å²) in [5, 5.41) is 13.6. The number of hydrogen-bond acceptors (Lipinski definition) is 5. The summed E-state index contributed by atoms with van der Waals surface area (Å²) in [5.41, 5.74) is 0.0547. The molecular weight excluding hydrogens is 366 g/mol. The standard InChI is InChI=1S/C19H19N3O4S/c1-11(2)8-20-14(23)9-22-16(12-6-4-3-5-7-12)21-17-15(18(22)24)13(10-27-17)19(25)26/h3-7,10-11H,8-9H2,1-2H3,(H,20,23)(H,25,26). The number of carbonyl (C=O) groups is 2. The molecule has 1 amide bonds. The van der Waals surface area contributed by atoms with E-state index in [1.807, 2.05) is 32.0 Å². The molecule has 2 aromatic heterocycles. The topological polar surface area (TPSA) is 101 Å². The molecule has 1 aromatic carbocycles. The Kier molecular flexibility index (Phi) is 5.36. The largest absolute Gasteiger partial charge is 0.478 e. The molecule has 0 radical (unpaired) electrons. The first-order valence-corrected chi connectivity index (χ1v) is 9.34. The van der Waals surface area contributed by atoms with E-state index < -0.39 is 11.5 Å². The van der Waals surface area contributed by atoms with Crippen molar-refractivity contribution in [2.45, 2.75) is 20.4 Å². The van der Waals surface area contributed by atoms with E-state index in [0.29, 0.717) is 22.8 Å². The highest BCUT2D eigenvalue weighted by Crippen LogP contribution is 2.25. The molecule has 0 saturated carbocycles. The van der Waals surface area contributed by atoms with Gasteiger partial charge in [0.25, 0.3) is 5.56 Å². The quantitative estimate of drug-likeness (QED) is 0.679. The van der Waals surface area contributed by atoms with Gasteiger partial charge in [-0.3, -0.25) is 14.2 Å². The van der Waals surface area contributed by atoms with Crippen molar-refractivity contribution in [1.82, 2.24) is 14.9 Å². The number of carbonyl (C=O) groups excluding carboxylic acids is 1. The first kappa shape index (κ1) is 18.8. The van der Waals surface area contributed by atoms with Crippen LogP contribution in [0.15, 0.2) is 40.5 Å². The molecular formula is C19H19N3O4S. The number of benzene rings is 1. The highest BCUT2D eigenvalue weighted by atomic mass is 32.1. The maximum absolute atomic E-state index is 13.1. The Balaban J connectivity index is 2.16. The van der Waals surface area contributed by atoms with Gasteiger partial charge in [0, 0.05) is 17.5 Å². The average Bonchev–Trinajstić information content (AvgIpc) is 3.07. The molecule has 0 aliphatic heterocycles. The smallest absolute Gasteiger partial charge is 0.337 e. The third-order valence-electron chi connectivity index (χ3n) is 3.97. The van der Waals surface area contributed by atoms with Crippen LogP contribution in [-0.4, -0.2) is 33.1 Å². The van der Waals surface area contributed by atoms with Gasteiger partial charge in [-0.05, 0) is 5.92 Å². The van der Waals surface area contributed by atoms with Crippen LogP contribution >= 0.6 is 11.3 Å². The maximum Gasteiger partial charge on any atom is 0.337 e. The van der Waals surface area contributed by atoms with Gasteiger partial charge in [-0.2, -0.15) is 0 Å². The van der Waals surface area contributed by atoms with Gasteiger partial charge in [0.15, 0.2) is 0 Å². The predicted octanol–water partition coefficient (Wildman–Crippen LogP) is 2.60. The molecule has 27 heavy (non-hydrogen) atoms. The van der Waals surface area contributed by atoms with E-state index in [-0.39, 0.29) is 29.3 Å². The number of nitrogens with one attached hydrogen (secondary N) is 1. The number of carboxylic acid groups (broad SMARTS) is 1. The number of carboxylic acids is 1. The number of rotatable bonds is 6. The molecule has 0 unspecified atom stereocenters. The second-order valence-electron chi connectivity index (χ2n) is 6.53. The highest BCUT2D eigenvalue weighted by Gasteiger charge is 2.21. The molecule has 0 fully saturated rings. The van der Waals surface area contributed by atoms with Gasteiger partial charge in [-0.15, -0.1) is 11.3 Å². The van der Waals surface area contributed by atoms with Crippen LogP contribution in [0.3, 0.4) is 0 Å². The second-order valence-corrected chi connectivity index (χ2v) is 7.38. The number of hydrogen-bond donors (Lipinski definition) is 2. The lowest BCUT2D eigenvalue weighted by molar-refractivity contribution is -0.121. The lowest BCUT2D eigenvalue weighted by Gasteiger charge is -2.13. The molecule has 0 atom stereocenters. The number of thiophene rings is 1. The average molecular weight is 385 g/mol. The van der Waals surface area contributed by atoms with Crippen molar-refractivity contribution in [2.24, 2.45) is 5.92 Å². The van der Waals surface area contributed by atoms with Crippen LogP contribution in [-0.2, 0) is 11.3 Å². The summed E-state index contributed by atoms with van der Waals surface area (Å²) in [4.78, 5) is 41.7. The van der Waals surface area contributed by atoms with E-state index >= 15 is 0 Å². The summed E-state index contributed by atoms with van der Waals surface area (Å²) in [6.07, 6.45) is 0. The Morgan fingerprint density at radius 2 is 1.96 bits per heavy atom. The van der Waals surface area contributed by atoms with Gasteiger partial charge in [-0.25, -0.2) is 9.78 Å². The summed E-state index contributed by atoms with van der Waals surface area (Å²) in [6.45, 7) is 4.20. The van der Waals surface area contributed by atoms with Crippen molar-refractivity contribution in [3.8, 4) is 11.4 Å². The minimum atomic E-state index is -1.19. The zero-order valence-corrected chi connectivity index (χ0v) is 15.7. The third kappa shape index (κ3) is 3.90. The molecule has 3 aromatic rings. The second kappa shape index (κ2) is 7.71. The monoisotopic (exact) mass is 385 g/mol. The number of aromatic carboxylic acids is 1. The maximum atomic E-state index is 13.1. The molecule has 7 nitrogen and oxygen atoms in total.